The third-order valence-electron chi connectivity index (χ3n) is 4.52. The van der Waals surface area contributed by atoms with Gasteiger partial charge in [0, 0.05) is 50.0 Å². The quantitative estimate of drug-likeness (QED) is 0.681. The fraction of sp³-hybridized carbons (Fsp3) is 0.300. The number of pyridine rings is 1. The molecule has 142 valence electrons. The summed E-state index contributed by atoms with van der Waals surface area (Å²) in [6, 6.07) is 14.4. The summed E-state index contributed by atoms with van der Waals surface area (Å²) in [6.07, 6.45) is 3.73. The molecule has 5 nitrogen and oxygen atoms in total. The van der Waals surface area contributed by atoms with E-state index in [9.17, 15) is 0 Å². The molecule has 1 N–H and O–H groups in total. The molecule has 4 rings (SSSR count). The Morgan fingerprint density at radius 2 is 1.96 bits per heavy atom. The van der Waals surface area contributed by atoms with Crippen LogP contribution in [0.2, 0.25) is 0 Å². The molecule has 1 atom stereocenters. The zero-order valence-corrected chi connectivity index (χ0v) is 16.6. The fourth-order valence-corrected chi connectivity index (χ4v) is 3.90. The molecule has 0 bridgehead atoms. The first-order valence-corrected chi connectivity index (χ1v) is 9.72. The van der Waals surface area contributed by atoms with Crippen LogP contribution in [0.4, 0.5) is 0 Å². The Morgan fingerprint density at radius 1 is 1.15 bits per heavy atom. The summed E-state index contributed by atoms with van der Waals surface area (Å²) in [7, 11) is 0. The van der Waals surface area contributed by atoms with E-state index in [0.717, 1.165) is 42.6 Å². The minimum Gasteiger partial charge on any atom is -0.486 e. The van der Waals surface area contributed by atoms with Crippen LogP contribution >= 0.6 is 23.7 Å². The molecule has 0 aliphatic carbocycles. The van der Waals surface area contributed by atoms with Crippen molar-refractivity contribution >= 4 is 23.7 Å². The van der Waals surface area contributed by atoms with E-state index in [1.54, 1.807) is 11.3 Å². The fourth-order valence-electron chi connectivity index (χ4n) is 3.21. The van der Waals surface area contributed by atoms with Crippen LogP contribution in [0.15, 0.2) is 60.2 Å². The van der Waals surface area contributed by atoms with Gasteiger partial charge in [-0.1, -0.05) is 18.2 Å². The van der Waals surface area contributed by atoms with Gasteiger partial charge in [0.15, 0.2) is 0 Å². The topological polar surface area (TPSA) is 50.3 Å². The van der Waals surface area contributed by atoms with E-state index in [1.165, 1.54) is 5.56 Å². The van der Waals surface area contributed by atoms with Crippen LogP contribution in [-0.2, 0) is 13.2 Å². The molecule has 1 saturated heterocycles. The lowest BCUT2D eigenvalue weighted by Gasteiger charge is -2.36. The number of halogens is 1. The molecule has 7 heteroatoms. The number of nitrogens with zero attached hydrogens (tertiary/aromatic N) is 3. The summed E-state index contributed by atoms with van der Waals surface area (Å²) in [5.74, 6) is 0.879. The van der Waals surface area contributed by atoms with Gasteiger partial charge in [-0.15, -0.1) is 23.7 Å². The standard InChI is InChI=1S/C20H22N4OS.ClH/c1-2-4-18(5-3-1)25-14-20-23-17(15-26-20)13-24-11-10-22-12-19(24)16-6-8-21-9-7-16;/h1-9,15,19,22H,10-14H2;1H. The van der Waals surface area contributed by atoms with E-state index in [-0.39, 0.29) is 12.4 Å². The minimum atomic E-state index is 0. The molecule has 3 aromatic rings. The predicted octanol–water partition coefficient (Wildman–Crippen LogP) is 3.69. The maximum Gasteiger partial charge on any atom is 0.140 e. The highest BCUT2D eigenvalue weighted by molar-refractivity contribution is 7.09. The van der Waals surface area contributed by atoms with Crippen LogP contribution in [-0.4, -0.2) is 34.5 Å². The molecule has 1 aromatic carbocycles. The van der Waals surface area contributed by atoms with Crippen LogP contribution in [0.3, 0.4) is 0 Å². The van der Waals surface area contributed by atoms with Crippen molar-refractivity contribution in [2.75, 3.05) is 19.6 Å². The summed E-state index contributed by atoms with van der Waals surface area (Å²) in [5.41, 5.74) is 2.41. The van der Waals surface area contributed by atoms with Gasteiger partial charge in [0.25, 0.3) is 0 Å². The van der Waals surface area contributed by atoms with E-state index in [0.29, 0.717) is 12.6 Å². The summed E-state index contributed by atoms with van der Waals surface area (Å²) in [4.78, 5) is 11.4. The molecule has 0 radical (unpaired) electrons. The number of ether oxygens (including phenoxy) is 1. The van der Waals surface area contributed by atoms with Gasteiger partial charge in [-0.25, -0.2) is 4.98 Å². The van der Waals surface area contributed by atoms with E-state index in [4.69, 9.17) is 9.72 Å². The van der Waals surface area contributed by atoms with Crippen molar-refractivity contribution in [3.05, 3.63) is 76.5 Å². The van der Waals surface area contributed by atoms with Crippen molar-refractivity contribution in [1.82, 2.24) is 20.2 Å². The normalized spacial score (nSPS) is 17.3. The maximum atomic E-state index is 5.80. The van der Waals surface area contributed by atoms with Crippen molar-refractivity contribution in [2.24, 2.45) is 0 Å². The number of benzene rings is 1. The number of thiazole rings is 1. The van der Waals surface area contributed by atoms with Crippen molar-refractivity contribution in [3.8, 4) is 5.75 Å². The number of nitrogens with one attached hydrogen (secondary N) is 1. The molecular weight excluding hydrogens is 380 g/mol. The first kappa shape index (κ1) is 19.8. The molecule has 1 unspecified atom stereocenters. The zero-order valence-electron chi connectivity index (χ0n) is 15.0. The minimum absolute atomic E-state index is 0. The smallest absolute Gasteiger partial charge is 0.140 e. The highest BCUT2D eigenvalue weighted by atomic mass is 35.5. The van der Waals surface area contributed by atoms with Crippen LogP contribution in [0, 0.1) is 0 Å². The lowest BCUT2D eigenvalue weighted by molar-refractivity contribution is 0.152. The number of aromatic nitrogens is 2. The molecule has 1 aliphatic rings. The van der Waals surface area contributed by atoms with Gasteiger partial charge in [-0.3, -0.25) is 9.88 Å². The van der Waals surface area contributed by atoms with Crippen molar-refractivity contribution in [2.45, 2.75) is 19.2 Å². The third kappa shape index (κ3) is 5.26. The Hall–Kier alpha value is -1.99. The number of para-hydroxylation sites is 1. The zero-order chi connectivity index (χ0) is 17.6. The van der Waals surface area contributed by atoms with E-state index in [2.05, 4.69) is 32.7 Å². The van der Waals surface area contributed by atoms with Gasteiger partial charge >= 0.3 is 0 Å². The Morgan fingerprint density at radius 3 is 2.78 bits per heavy atom. The van der Waals surface area contributed by atoms with Gasteiger partial charge in [-0.05, 0) is 29.8 Å². The number of piperazine rings is 1. The summed E-state index contributed by atoms with van der Waals surface area (Å²) in [6.45, 7) is 4.36. The summed E-state index contributed by atoms with van der Waals surface area (Å²) >= 11 is 1.67. The van der Waals surface area contributed by atoms with Crippen LogP contribution in [0.1, 0.15) is 22.3 Å². The first-order valence-electron chi connectivity index (χ1n) is 8.84. The third-order valence-corrected chi connectivity index (χ3v) is 5.39. The monoisotopic (exact) mass is 402 g/mol. The Balaban J connectivity index is 0.00000210. The second kappa shape index (κ2) is 9.80. The molecule has 3 heterocycles. The molecule has 0 spiro atoms. The van der Waals surface area contributed by atoms with Gasteiger partial charge < -0.3 is 10.1 Å². The predicted molar refractivity (Wildman–Crippen MR) is 110 cm³/mol. The maximum absolute atomic E-state index is 5.80. The number of rotatable bonds is 6. The highest BCUT2D eigenvalue weighted by Gasteiger charge is 2.24. The van der Waals surface area contributed by atoms with Gasteiger partial charge in [0.2, 0.25) is 0 Å². The summed E-state index contributed by atoms with van der Waals surface area (Å²) in [5, 5.41) is 6.65. The van der Waals surface area contributed by atoms with E-state index < -0.39 is 0 Å². The molecular formula is C20H23ClN4OS. The Labute approximate surface area is 169 Å². The highest BCUT2D eigenvalue weighted by Crippen LogP contribution is 2.24. The van der Waals surface area contributed by atoms with E-state index in [1.807, 2.05) is 42.7 Å². The number of hydrogen-bond acceptors (Lipinski definition) is 6. The first-order chi connectivity index (χ1) is 12.9. The second-order valence-corrected chi connectivity index (χ2v) is 7.25. The van der Waals surface area contributed by atoms with Crippen molar-refractivity contribution < 1.29 is 4.74 Å². The summed E-state index contributed by atoms with van der Waals surface area (Å²) < 4.78 is 5.80. The largest absolute Gasteiger partial charge is 0.486 e. The van der Waals surface area contributed by atoms with E-state index >= 15 is 0 Å². The molecule has 1 aliphatic heterocycles. The SMILES string of the molecule is Cl.c1ccc(OCc2nc(CN3CCNCC3c3ccncc3)cs2)cc1. The number of hydrogen-bond donors (Lipinski definition) is 1. The average molecular weight is 403 g/mol. The van der Waals surface area contributed by atoms with Crippen LogP contribution < -0.4 is 10.1 Å². The van der Waals surface area contributed by atoms with Crippen LogP contribution in [0.5, 0.6) is 5.75 Å². The van der Waals surface area contributed by atoms with Crippen molar-refractivity contribution in [1.29, 1.82) is 0 Å². The molecule has 0 amide bonds. The van der Waals surface area contributed by atoms with Gasteiger partial charge in [-0.2, -0.15) is 0 Å². The second-order valence-electron chi connectivity index (χ2n) is 6.31. The Bertz CT molecular complexity index is 815. The molecule has 1 fully saturated rings. The molecule has 2 aromatic heterocycles. The Kier molecular flexibility index (Phi) is 7.18. The van der Waals surface area contributed by atoms with Crippen LogP contribution in [0.25, 0.3) is 0 Å². The van der Waals surface area contributed by atoms with Gasteiger partial charge in [0.1, 0.15) is 17.4 Å². The molecule has 0 saturated carbocycles. The van der Waals surface area contributed by atoms with Gasteiger partial charge in [0.05, 0.1) is 5.69 Å². The lowest BCUT2D eigenvalue weighted by atomic mass is 10.0. The molecule has 27 heavy (non-hydrogen) atoms. The van der Waals surface area contributed by atoms with Crippen molar-refractivity contribution in [3.63, 3.8) is 0 Å². The average Bonchev–Trinajstić information content (AvgIpc) is 3.16. The lowest BCUT2D eigenvalue weighted by Crippen LogP contribution is -2.45.